The second-order valence-electron chi connectivity index (χ2n) is 6.43. The van der Waals surface area contributed by atoms with E-state index in [1.807, 2.05) is 24.7 Å². The quantitative estimate of drug-likeness (QED) is 0.833. The fourth-order valence-corrected chi connectivity index (χ4v) is 4.16. The van der Waals surface area contributed by atoms with Crippen LogP contribution in [-0.4, -0.2) is 51.6 Å². The van der Waals surface area contributed by atoms with Gasteiger partial charge in [0.25, 0.3) is 0 Å². The monoisotopic (exact) mass is 349 g/mol. The molecule has 130 valence electrons. The Hall–Kier alpha value is -1.80. The molecule has 3 heterocycles. The Balaban J connectivity index is 1.85. The van der Waals surface area contributed by atoms with Crippen LogP contribution in [0.1, 0.15) is 24.4 Å². The van der Waals surface area contributed by atoms with Gasteiger partial charge < -0.3 is 4.57 Å². The van der Waals surface area contributed by atoms with Crippen molar-refractivity contribution < 1.29 is 8.42 Å². The molecule has 1 fully saturated rings. The van der Waals surface area contributed by atoms with Crippen LogP contribution in [-0.2, 0) is 23.5 Å². The van der Waals surface area contributed by atoms with E-state index in [1.54, 1.807) is 16.7 Å². The fraction of sp³-hybridized carbons (Fsp3) is 0.562. The molecule has 0 radical (unpaired) electrons. The lowest BCUT2D eigenvalue weighted by atomic mass is 9.93. The molecule has 0 aliphatic carbocycles. The maximum atomic E-state index is 11.8. The third kappa shape index (κ3) is 3.49. The number of sulfonamides is 1. The molecule has 1 saturated heterocycles. The van der Waals surface area contributed by atoms with Crippen LogP contribution in [0.5, 0.6) is 0 Å². The minimum Gasteiger partial charge on any atom is -0.330 e. The third-order valence-corrected chi connectivity index (χ3v) is 5.94. The van der Waals surface area contributed by atoms with Crippen molar-refractivity contribution in [2.45, 2.75) is 26.2 Å². The van der Waals surface area contributed by atoms with Crippen LogP contribution in [0, 0.1) is 12.8 Å². The molecule has 1 unspecified atom stereocenters. The van der Waals surface area contributed by atoms with Crippen molar-refractivity contribution in [1.29, 1.82) is 0 Å². The van der Waals surface area contributed by atoms with E-state index in [9.17, 15) is 8.42 Å². The Morgan fingerprint density at radius 2 is 2.00 bits per heavy atom. The first kappa shape index (κ1) is 17.0. The van der Waals surface area contributed by atoms with Gasteiger partial charge in [0.15, 0.2) is 0 Å². The lowest BCUT2D eigenvalue weighted by Gasteiger charge is -2.31. The summed E-state index contributed by atoms with van der Waals surface area (Å²) in [5, 5.41) is 0. The normalized spacial score (nSPS) is 19.5. The van der Waals surface area contributed by atoms with Crippen LogP contribution in [0.4, 0.5) is 0 Å². The molecule has 7 nitrogen and oxygen atoms in total. The Kier molecular flexibility index (Phi) is 4.69. The SMILES string of the molecule is Cc1ncc(-c2nccnc2CC2CCCN(S(C)(=O)=O)C2)n1C. The molecular weight excluding hydrogens is 326 g/mol. The zero-order valence-electron chi connectivity index (χ0n) is 14.3. The number of hydrogen-bond acceptors (Lipinski definition) is 5. The Morgan fingerprint density at radius 1 is 1.25 bits per heavy atom. The summed E-state index contributed by atoms with van der Waals surface area (Å²) in [6.45, 7) is 3.12. The zero-order chi connectivity index (χ0) is 17.3. The fourth-order valence-electron chi connectivity index (χ4n) is 3.22. The van der Waals surface area contributed by atoms with Crippen LogP contribution >= 0.6 is 0 Å². The predicted octanol–water partition coefficient (Wildman–Crippen LogP) is 1.40. The van der Waals surface area contributed by atoms with Crippen molar-refractivity contribution in [1.82, 2.24) is 23.8 Å². The summed E-state index contributed by atoms with van der Waals surface area (Å²) in [5.41, 5.74) is 2.67. The molecule has 0 saturated carbocycles. The van der Waals surface area contributed by atoms with E-state index in [0.717, 1.165) is 42.2 Å². The third-order valence-electron chi connectivity index (χ3n) is 4.67. The second-order valence-corrected chi connectivity index (χ2v) is 8.42. The summed E-state index contributed by atoms with van der Waals surface area (Å²) in [7, 11) is -1.17. The molecular formula is C16H23N5O2S. The first-order valence-corrected chi connectivity index (χ1v) is 9.95. The molecule has 0 spiro atoms. The lowest BCUT2D eigenvalue weighted by Crippen LogP contribution is -2.39. The van der Waals surface area contributed by atoms with Crippen LogP contribution in [0.25, 0.3) is 11.4 Å². The number of aromatic nitrogens is 4. The maximum absolute atomic E-state index is 11.8. The average Bonchev–Trinajstić information content (AvgIpc) is 2.87. The van der Waals surface area contributed by atoms with Gasteiger partial charge in [-0.2, -0.15) is 0 Å². The first-order valence-electron chi connectivity index (χ1n) is 8.10. The summed E-state index contributed by atoms with van der Waals surface area (Å²) < 4.78 is 27.2. The van der Waals surface area contributed by atoms with Gasteiger partial charge in [0.2, 0.25) is 10.0 Å². The molecule has 0 bridgehead atoms. The van der Waals surface area contributed by atoms with Crippen LogP contribution < -0.4 is 0 Å². The minimum absolute atomic E-state index is 0.262. The molecule has 2 aromatic rings. The van der Waals surface area contributed by atoms with Crippen molar-refractivity contribution in [3.8, 4) is 11.4 Å². The summed E-state index contributed by atoms with van der Waals surface area (Å²) in [6, 6.07) is 0. The van der Waals surface area contributed by atoms with E-state index in [0.29, 0.717) is 13.1 Å². The van der Waals surface area contributed by atoms with Gasteiger partial charge in [0.05, 0.1) is 23.8 Å². The van der Waals surface area contributed by atoms with E-state index in [1.165, 1.54) is 6.26 Å². The number of hydrogen-bond donors (Lipinski definition) is 0. The van der Waals surface area contributed by atoms with Crippen molar-refractivity contribution in [2.75, 3.05) is 19.3 Å². The van der Waals surface area contributed by atoms with Gasteiger partial charge >= 0.3 is 0 Å². The first-order chi connectivity index (χ1) is 11.4. The number of nitrogens with zero attached hydrogens (tertiary/aromatic N) is 5. The van der Waals surface area contributed by atoms with Gasteiger partial charge in [-0.25, -0.2) is 17.7 Å². The second kappa shape index (κ2) is 6.60. The Labute approximate surface area is 142 Å². The summed E-state index contributed by atoms with van der Waals surface area (Å²) >= 11 is 0. The van der Waals surface area contributed by atoms with Gasteiger partial charge in [-0.1, -0.05) is 0 Å². The van der Waals surface area contributed by atoms with Gasteiger partial charge in [-0.15, -0.1) is 0 Å². The van der Waals surface area contributed by atoms with E-state index < -0.39 is 10.0 Å². The molecule has 2 aromatic heterocycles. The summed E-state index contributed by atoms with van der Waals surface area (Å²) in [6.07, 6.45) is 9.09. The van der Waals surface area contributed by atoms with Crippen molar-refractivity contribution >= 4 is 10.0 Å². The van der Waals surface area contributed by atoms with Crippen molar-refractivity contribution in [3.05, 3.63) is 30.1 Å². The predicted molar refractivity (Wildman–Crippen MR) is 91.8 cm³/mol. The molecule has 0 N–H and O–H groups in total. The summed E-state index contributed by atoms with van der Waals surface area (Å²) in [5.74, 6) is 1.18. The van der Waals surface area contributed by atoms with Gasteiger partial charge in [-0.3, -0.25) is 9.97 Å². The largest absolute Gasteiger partial charge is 0.330 e. The highest BCUT2D eigenvalue weighted by atomic mass is 32.2. The standard InChI is InChI=1S/C16H23N5O2S/c1-12-19-10-15(20(12)2)16-14(17-6-7-18-16)9-13-5-4-8-21(11-13)24(3,22)23/h6-7,10,13H,4-5,8-9,11H2,1-3H3. The molecule has 1 aliphatic heterocycles. The van der Waals surface area contributed by atoms with E-state index in [-0.39, 0.29) is 5.92 Å². The number of piperidine rings is 1. The van der Waals surface area contributed by atoms with Gasteiger partial charge in [-0.05, 0) is 32.1 Å². The highest BCUT2D eigenvalue weighted by Crippen LogP contribution is 2.26. The minimum atomic E-state index is -3.13. The van der Waals surface area contributed by atoms with Gasteiger partial charge in [0, 0.05) is 32.5 Å². The topological polar surface area (TPSA) is 81.0 Å². The van der Waals surface area contributed by atoms with Crippen LogP contribution in [0.15, 0.2) is 18.6 Å². The van der Waals surface area contributed by atoms with Crippen LogP contribution in [0.3, 0.4) is 0 Å². The maximum Gasteiger partial charge on any atom is 0.211 e. The molecule has 1 atom stereocenters. The van der Waals surface area contributed by atoms with Crippen molar-refractivity contribution in [3.63, 3.8) is 0 Å². The lowest BCUT2D eigenvalue weighted by molar-refractivity contribution is 0.265. The van der Waals surface area contributed by atoms with E-state index >= 15 is 0 Å². The molecule has 0 amide bonds. The Morgan fingerprint density at radius 3 is 2.67 bits per heavy atom. The highest BCUT2D eigenvalue weighted by molar-refractivity contribution is 7.88. The molecule has 3 rings (SSSR count). The van der Waals surface area contributed by atoms with Gasteiger partial charge in [0.1, 0.15) is 11.5 Å². The molecule has 0 aromatic carbocycles. The number of aryl methyl sites for hydroxylation is 1. The van der Waals surface area contributed by atoms with Crippen molar-refractivity contribution in [2.24, 2.45) is 13.0 Å². The smallest absolute Gasteiger partial charge is 0.211 e. The average molecular weight is 349 g/mol. The van der Waals surface area contributed by atoms with E-state index in [2.05, 4.69) is 15.0 Å². The van der Waals surface area contributed by atoms with Crippen LogP contribution in [0.2, 0.25) is 0 Å². The highest BCUT2D eigenvalue weighted by Gasteiger charge is 2.27. The molecule has 8 heteroatoms. The van der Waals surface area contributed by atoms with E-state index in [4.69, 9.17) is 0 Å². The molecule has 24 heavy (non-hydrogen) atoms. The summed E-state index contributed by atoms with van der Waals surface area (Å²) in [4.78, 5) is 13.3. The zero-order valence-corrected chi connectivity index (χ0v) is 15.1. The number of imidazole rings is 1. The number of rotatable bonds is 4. The Bertz CT molecular complexity index is 831. The molecule has 1 aliphatic rings.